The number of aryl methyl sites for hydroxylation is 1. The SMILES string of the molecule is Cc1cc(Cl)cc(C(O)c2ccco2)c1. The lowest BCUT2D eigenvalue weighted by Crippen LogP contribution is -1.98. The summed E-state index contributed by atoms with van der Waals surface area (Å²) in [5, 5.41) is 10.6. The van der Waals surface area contributed by atoms with Gasteiger partial charge in [0.25, 0.3) is 0 Å². The number of aliphatic hydroxyl groups is 1. The molecule has 1 unspecified atom stereocenters. The lowest BCUT2D eigenvalue weighted by molar-refractivity contribution is 0.189. The van der Waals surface area contributed by atoms with Crippen LogP contribution in [0.5, 0.6) is 0 Å². The summed E-state index contributed by atoms with van der Waals surface area (Å²) in [5.41, 5.74) is 1.76. The average molecular weight is 223 g/mol. The molecule has 0 bridgehead atoms. The molecule has 15 heavy (non-hydrogen) atoms. The zero-order valence-electron chi connectivity index (χ0n) is 8.27. The Morgan fingerprint density at radius 2 is 2.13 bits per heavy atom. The van der Waals surface area contributed by atoms with Crippen LogP contribution in [0, 0.1) is 6.92 Å². The van der Waals surface area contributed by atoms with Gasteiger partial charge in [0.15, 0.2) is 0 Å². The van der Waals surface area contributed by atoms with Crippen molar-refractivity contribution in [1.82, 2.24) is 0 Å². The second-order valence-electron chi connectivity index (χ2n) is 3.48. The van der Waals surface area contributed by atoms with Gasteiger partial charge in [-0.3, -0.25) is 0 Å². The summed E-state index contributed by atoms with van der Waals surface area (Å²) in [5.74, 6) is 0.525. The molecule has 0 saturated carbocycles. The molecule has 1 atom stereocenters. The number of furan rings is 1. The fourth-order valence-corrected chi connectivity index (χ4v) is 1.83. The van der Waals surface area contributed by atoms with Gasteiger partial charge in [-0.2, -0.15) is 0 Å². The third-order valence-electron chi connectivity index (χ3n) is 2.19. The molecule has 2 rings (SSSR count). The topological polar surface area (TPSA) is 33.4 Å². The molecule has 0 radical (unpaired) electrons. The minimum atomic E-state index is -0.752. The van der Waals surface area contributed by atoms with Crippen molar-refractivity contribution >= 4 is 11.6 Å². The third kappa shape index (κ3) is 2.22. The number of benzene rings is 1. The molecule has 0 spiro atoms. The molecular formula is C12H11ClO2. The third-order valence-corrected chi connectivity index (χ3v) is 2.41. The fraction of sp³-hybridized carbons (Fsp3) is 0.167. The maximum Gasteiger partial charge on any atom is 0.137 e. The zero-order valence-corrected chi connectivity index (χ0v) is 9.03. The molecule has 1 N–H and O–H groups in total. The van der Waals surface area contributed by atoms with E-state index in [-0.39, 0.29) is 0 Å². The van der Waals surface area contributed by atoms with Crippen LogP contribution in [0.2, 0.25) is 5.02 Å². The highest BCUT2D eigenvalue weighted by Crippen LogP contribution is 2.25. The number of aliphatic hydroxyl groups excluding tert-OH is 1. The summed E-state index contributed by atoms with van der Waals surface area (Å²) in [7, 11) is 0. The molecule has 2 nitrogen and oxygen atoms in total. The van der Waals surface area contributed by atoms with Crippen molar-refractivity contribution < 1.29 is 9.52 Å². The van der Waals surface area contributed by atoms with E-state index in [1.807, 2.05) is 19.1 Å². The van der Waals surface area contributed by atoms with E-state index in [0.29, 0.717) is 10.8 Å². The van der Waals surface area contributed by atoms with Crippen LogP contribution in [-0.4, -0.2) is 5.11 Å². The van der Waals surface area contributed by atoms with Gasteiger partial charge in [0.1, 0.15) is 11.9 Å². The lowest BCUT2D eigenvalue weighted by atomic mass is 10.1. The van der Waals surface area contributed by atoms with E-state index in [4.69, 9.17) is 16.0 Å². The van der Waals surface area contributed by atoms with Crippen LogP contribution in [0.3, 0.4) is 0 Å². The van der Waals surface area contributed by atoms with Crippen molar-refractivity contribution in [2.45, 2.75) is 13.0 Å². The molecule has 0 aliphatic carbocycles. The number of halogens is 1. The van der Waals surface area contributed by atoms with Crippen molar-refractivity contribution in [3.05, 3.63) is 58.5 Å². The molecular weight excluding hydrogens is 212 g/mol. The summed E-state index contributed by atoms with van der Waals surface area (Å²) >= 11 is 5.91. The van der Waals surface area contributed by atoms with Gasteiger partial charge in [0, 0.05) is 5.02 Å². The number of hydrogen-bond donors (Lipinski definition) is 1. The normalized spacial score (nSPS) is 12.7. The molecule has 1 aromatic carbocycles. The first-order valence-electron chi connectivity index (χ1n) is 4.65. The van der Waals surface area contributed by atoms with Gasteiger partial charge in [-0.1, -0.05) is 17.7 Å². The quantitative estimate of drug-likeness (QED) is 0.846. The standard InChI is InChI=1S/C12H11ClO2/c1-8-5-9(7-10(13)6-8)12(14)11-3-2-4-15-11/h2-7,12,14H,1H3. The molecule has 0 aliphatic rings. The molecule has 0 fully saturated rings. The van der Waals surface area contributed by atoms with Crippen LogP contribution in [0.25, 0.3) is 0 Å². The van der Waals surface area contributed by atoms with E-state index >= 15 is 0 Å². The van der Waals surface area contributed by atoms with Crippen LogP contribution in [0.1, 0.15) is 23.0 Å². The highest BCUT2D eigenvalue weighted by atomic mass is 35.5. The van der Waals surface area contributed by atoms with Crippen LogP contribution in [0.15, 0.2) is 41.0 Å². The van der Waals surface area contributed by atoms with E-state index in [1.165, 1.54) is 6.26 Å². The van der Waals surface area contributed by atoms with Crippen LogP contribution >= 0.6 is 11.6 Å². The first-order chi connectivity index (χ1) is 7.16. The molecule has 1 aromatic heterocycles. The molecule has 0 aliphatic heterocycles. The lowest BCUT2D eigenvalue weighted by Gasteiger charge is -2.09. The van der Waals surface area contributed by atoms with Gasteiger partial charge in [0.2, 0.25) is 0 Å². The first-order valence-corrected chi connectivity index (χ1v) is 5.03. The van der Waals surface area contributed by atoms with Crippen molar-refractivity contribution in [3.8, 4) is 0 Å². The smallest absolute Gasteiger partial charge is 0.137 e. The number of hydrogen-bond acceptors (Lipinski definition) is 2. The summed E-state index contributed by atoms with van der Waals surface area (Å²) < 4.78 is 5.14. The second kappa shape index (κ2) is 4.09. The first kappa shape index (κ1) is 10.3. The number of rotatable bonds is 2. The Bertz CT molecular complexity index is 428. The Balaban J connectivity index is 2.37. The monoisotopic (exact) mass is 222 g/mol. The van der Waals surface area contributed by atoms with E-state index in [1.54, 1.807) is 18.2 Å². The van der Waals surface area contributed by atoms with E-state index in [2.05, 4.69) is 0 Å². The zero-order chi connectivity index (χ0) is 10.8. The van der Waals surface area contributed by atoms with Gasteiger partial charge in [-0.25, -0.2) is 0 Å². The Labute approximate surface area is 93.1 Å². The average Bonchev–Trinajstić information content (AvgIpc) is 2.67. The summed E-state index contributed by atoms with van der Waals surface area (Å²) in [6, 6.07) is 8.96. The molecule has 0 amide bonds. The highest BCUT2D eigenvalue weighted by molar-refractivity contribution is 6.30. The van der Waals surface area contributed by atoms with Crippen molar-refractivity contribution in [1.29, 1.82) is 0 Å². The van der Waals surface area contributed by atoms with Gasteiger partial charge < -0.3 is 9.52 Å². The van der Waals surface area contributed by atoms with Gasteiger partial charge >= 0.3 is 0 Å². The van der Waals surface area contributed by atoms with E-state index < -0.39 is 6.10 Å². The highest BCUT2D eigenvalue weighted by Gasteiger charge is 2.13. The molecule has 3 heteroatoms. The minimum Gasteiger partial charge on any atom is -0.466 e. The predicted octanol–water partition coefficient (Wildman–Crippen LogP) is 3.32. The molecule has 0 saturated heterocycles. The van der Waals surface area contributed by atoms with Gasteiger partial charge in [-0.15, -0.1) is 0 Å². The molecule has 78 valence electrons. The molecule has 2 aromatic rings. The van der Waals surface area contributed by atoms with Crippen LogP contribution in [-0.2, 0) is 0 Å². The molecule has 1 heterocycles. The Morgan fingerprint density at radius 1 is 1.33 bits per heavy atom. The summed E-state index contributed by atoms with van der Waals surface area (Å²) in [6.07, 6.45) is 0.785. The van der Waals surface area contributed by atoms with Crippen molar-refractivity contribution in [3.63, 3.8) is 0 Å². The Hall–Kier alpha value is -1.25. The van der Waals surface area contributed by atoms with E-state index in [0.717, 1.165) is 11.1 Å². The van der Waals surface area contributed by atoms with Crippen molar-refractivity contribution in [2.24, 2.45) is 0 Å². The second-order valence-corrected chi connectivity index (χ2v) is 3.92. The minimum absolute atomic E-state index is 0.525. The predicted molar refractivity (Wildman–Crippen MR) is 59.0 cm³/mol. The fourth-order valence-electron chi connectivity index (χ4n) is 1.53. The van der Waals surface area contributed by atoms with Gasteiger partial charge in [0.05, 0.1) is 6.26 Å². The Kier molecular flexibility index (Phi) is 2.80. The van der Waals surface area contributed by atoms with Crippen molar-refractivity contribution in [2.75, 3.05) is 0 Å². The van der Waals surface area contributed by atoms with Gasteiger partial charge in [-0.05, 0) is 42.3 Å². The maximum atomic E-state index is 9.98. The largest absolute Gasteiger partial charge is 0.466 e. The Morgan fingerprint density at radius 3 is 2.73 bits per heavy atom. The summed E-state index contributed by atoms with van der Waals surface area (Å²) in [4.78, 5) is 0. The van der Waals surface area contributed by atoms with Crippen LogP contribution < -0.4 is 0 Å². The maximum absolute atomic E-state index is 9.98. The summed E-state index contributed by atoms with van der Waals surface area (Å²) in [6.45, 7) is 1.93. The van der Waals surface area contributed by atoms with E-state index in [9.17, 15) is 5.11 Å². The van der Waals surface area contributed by atoms with Crippen LogP contribution in [0.4, 0.5) is 0 Å².